The number of nitriles is 1. The molecular weight excluding hydrogens is 254 g/mol. The van der Waals surface area contributed by atoms with E-state index in [-0.39, 0.29) is 24.3 Å². The average Bonchev–Trinajstić information content (AvgIpc) is 3.26. The third-order valence-electron chi connectivity index (χ3n) is 3.24. The summed E-state index contributed by atoms with van der Waals surface area (Å²) < 4.78 is 0. The van der Waals surface area contributed by atoms with E-state index in [1.165, 1.54) is 0 Å². The zero-order valence-electron chi connectivity index (χ0n) is 11.3. The summed E-state index contributed by atoms with van der Waals surface area (Å²) in [5.74, 6) is -0.343. The molecule has 1 aliphatic rings. The molecule has 0 bridgehead atoms. The van der Waals surface area contributed by atoms with Crippen LogP contribution in [0.2, 0.25) is 0 Å². The molecule has 1 atom stereocenters. The third-order valence-corrected chi connectivity index (χ3v) is 3.24. The highest BCUT2D eigenvalue weighted by molar-refractivity contribution is 5.96. The Kier molecular flexibility index (Phi) is 4.36. The van der Waals surface area contributed by atoms with Gasteiger partial charge in [-0.3, -0.25) is 9.59 Å². The van der Waals surface area contributed by atoms with Crippen LogP contribution in [0.4, 0.5) is 0 Å². The summed E-state index contributed by atoms with van der Waals surface area (Å²) in [5.41, 5.74) is 1.51. The molecule has 1 fully saturated rings. The number of amides is 2. The largest absolute Gasteiger partial charge is 0.343 e. The van der Waals surface area contributed by atoms with E-state index in [0.29, 0.717) is 5.56 Å². The second-order valence-corrected chi connectivity index (χ2v) is 5.06. The van der Waals surface area contributed by atoms with Gasteiger partial charge in [0.25, 0.3) is 5.91 Å². The zero-order chi connectivity index (χ0) is 14.5. The van der Waals surface area contributed by atoms with Crippen molar-refractivity contribution in [1.29, 1.82) is 5.26 Å². The highest BCUT2D eigenvalue weighted by Crippen LogP contribution is 2.32. The van der Waals surface area contributed by atoms with E-state index in [2.05, 4.69) is 16.7 Å². The third kappa shape index (κ3) is 3.82. The average molecular weight is 271 g/mol. The molecule has 0 aromatic heterocycles. The lowest BCUT2D eigenvalue weighted by molar-refractivity contribution is -0.120. The van der Waals surface area contributed by atoms with Gasteiger partial charge in [-0.05, 0) is 37.8 Å². The number of nitrogens with zero attached hydrogens (tertiary/aromatic N) is 1. The standard InChI is InChI=1S/C15H17N3O2/c1-10-3-2-4-12(7-10)15(20)17-9-14(19)18-13(8-16)11-5-6-11/h2-4,7,11,13H,5-6,9H2,1H3,(H,17,20)(H,18,19)/t13-/m0/s1. The first-order valence-corrected chi connectivity index (χ1v) is 6.64. The number of carbonyl (C=O) groups excluding carboxylic acids is 2. The molecule has 1 aliphatic carbocycles. The van der Waals surface area contributed by atoms with Crippen LogP contribution in [0.3, 0.4) is 0 Å². The van der Waals surface area contributed by atoms with Gasteiger partial charge < -0.3 is 10.6 Å². The van der Waals surface area contributed by atoms with Crippen molar-refractivity contribution >= 4 is 11.8 Å². The molecule has 2 rings (SSSR count). The summed E-state index contributed by atoms with van der Waals surface area (Å²) in [7, 11) is 0. The van der Waals surface area contributed by atoms with Crippen LogP contribution in [0.5, 0.6) is 0 Å². The molecule has 1 saturated carbocycles. The van der Waals surface area contributed by atoms with E-state index in [4.69, 9.17) is 5.26 Å². The topological polar surface area (TPSA) is 82.0 Å². The van der Waals surface area contributed by atoms with Gasteiger partial charge in [-0.2, -0.15) is 5.26 Å². The Morgan fingerprint density at radius 1 is 1.45 bits per heavy atom. The van der Waals surface area contributed by atoms with Crippen LogP contribution in [0.1, 0.15) is 28.8 Å². The van der Waals surface area contributed by atoms with Crippen LogP contribution in [-0.4, -0.2) is 24.4 Å². The van der Waals surface area contributed by atoms with E-state index >= 15 is 0 Å². The molecule has 0 aliphatic heterocycles. The zero-order valence-corrected chi connectivity index (χ0v) is 11.3. The van der Waals surface area contributed by atoms with Crippen molar-refractivity contribution in [1.82, 2.24) is 10.6 Å². The summed E-state index contributed by atoms with van der Waals surface area (Å²) >= 11 is 0. The minimum absolute atomic E-state index is 0.113. The van der Waals surface area contributed by atoms with E-state index in [1.54, 1.807) is 18.2 Å². The van der Waals surface area contributed by atoms with Crippen molar-refractivity contribution in [3.8, 4) is 6.07 Å². The molecule has 0 saturated heterocycles. The Morgan fingerprint density at radius 2 is 2.20 bits per heavy atom. The Bertz CT molecular complexity index is 558. The number of aryl methyl sites for hydroxylation is 1. The molecular formula is C15H17N3O2. The number of rotatable bonds is 5. The molecule has 1 aromatic rings. The van der Waals surface area contributed by atoms with Crippen LogP contribution < -0.4 is 10.6 Å². The molecule has 104 valence electrons. The fraction of sp³-hybridized carbons (Fsp3) is 0.400. The minimum Gasteiger partial charge on any atom is -0.343 e. The number of nitrogens with one attached hydrogen (secondary N) is 2. The highest BCUT2D eigenvalue weighted by Gasteiger charge is 2.32. The second kappa shape index (κ2) is 6.20. The van der Waals surface area contributed by atoms with Crippen molar-refractivity contribution in [2.24, 2.45) is 5.92 Å². The quantitative estimate of drug-likeness (QED) is 0.842. The van der Waals surface area contributed by atoms with Crippen molar-refractivity contribution in [2.45, 2.75) is 25.8 Å². The first-order chi connectivity index (χ1) is 9.60. The number of hydrogen-bond acceptors (Lipinski definition) is 3. The predicted molar refractivity (Wildman–Crippen MR) is 73.8 cm³/mol. The van der Waals surface area contributed by atoms with E-state index in [9.17, 15) is 9.59 Å². The maximum absolute atomic E-state index is 11.8. The maximum Gasteiger partial charge on any atom is 0.251 e. The molecule has 0 heterocycles. The van der Waals surface area contributed by atoms with Gasteiger partial charge in [-0.15, -0.1) is 0 Å². The van der Waals surface area contributed by atoms with Crippen molar-refractivity contribution in [3.05, 3.63) is 35.4 Å². The number of benzene rings is 1. The summed E-state index contributed by atoms with van der Waals surface area (Å²) in [6.07, 6.45) is 1.96. The summed E-state index contributed by atoms with van der Waals surface area (Å²) in [6, 6.07) is 8.80. The van der Waals surface area contributed by atoms with Crippen molar-refractivity contribution in [2.75, 3.05) is 6.54 Å². The monoisotopic (exact) mass is 271 g/mol. The van der Waals surface area contributed by atoms with Crippen LogP contribution in [-0.2, 0) is 4.79 Å². The van der Waals surface area contributed by atoms with Gasteiger partial charge in [-0.25, -0.2) is 0 Å². The van der Waals surface area contributed by atoms with Gasteiger partial charge in [0.2, 0.25) is 5.91 Å². The van der Waals surface area contributed by atoms with Gasteiger partial charge >= 0.3 is 0 Å². The van der Waals surface area contributed by atoms with Gasteiger partial charge in [0.05, 0.1) is 12.6 Å². The molecule has 5 heteroatoms. The van der Waals surface area contributed by atoms with Crippen LogP contribution in [0.15, 0.2) is 24.3 Å². The summed E-state index contributed by atoms with van der Waals surface area (Å²) in [4.78, 5) is 23.5. The first-order valence-electron chi connectivity index (χ1n) is 6.64. The number of hydrogen-bond donors (Lipinski definition) is 2. The Morgan fingerprint density at radius 3 is 2.80 bits per heavy atom. The molecule has 20 heavy (non-hydrogen) atoms. The van der Waals surface area contributed by atoms with E-state index in [1.807, 2.05) is 13.0 Å². The van der Waals surface area contributed by atoms with Gasteiger partial charge in [-0.1, -0.05) is 17.7 Å². The Balaban J connectivity index is 1.81. The van der Waals surface area contributed by atoms with Crippen molar-refractivity contribution < 1.29 is 9.59 Å². The second-order valence-electron chi connectivity index (χ2n) is 5.06. The van der Waals surface area contributed by atoms with Crippen LogP contribution in [0, 0.1) is 24.2 Å². The molecule has 0 radical (unpaired) electrons. The lowest BCUT2D eigenvalue weighted by Crippen LogP contribution is -2.42. The molecule has 0 unspecified atom stereocenters. The van der Waals surface area contributed by atoms with Gasteiger partial charge in [0, 0.05) is 5.56 Å². The van der Waals surface area contributed by atoms with Gasteiger partial charge in [0.15, 0.2) is 0 Å². The predicted octanol–water partition coefficient (Wildman–Crippen LogP) is 1.14. The van der Waals surface area contributed by atoms with E-state index < -0.39 is 6.04 Å². The number of carbonyl (C=O) groups is 2. The molecule has 1 aromatic carbocycles. The Labute approximate surface area is 118 Å². The fourth-order valence-corrected chi connectivity index (χ4v) is 1.96. The first kappa shape index (κ1) is 14.1. The Hall–Kier alpha value is -2.35. The minimum atomic E-state index is -0.432. The highest BCUT2D eigenvalue weighted by atomic mass is 16.2. The van der Waals surface area contributed by atoms with E-state index in [0.717, 1.165) is 18.4 Å². The lowest BCUT2D eigenvalue weighted by Gasteiger charge is -2.11. The lowest BCUT2D eigenvalue weighted by atomic mass is 10.1. The SMILES string of the molecule is Cc1cccc(C(=O)NCC(=O)N[C@@H](C#N)C2CC2)c1. The summed E-state index contributed by atoms with van der Waals surface area (Å²) in [6.45, 7) is 1.79. The molecule has 0 spiro atoms. The normalized spacial score (nSPS) is 15.0. The van der Waals surface area contributed by atoms with Crippen molar-refractivity contribution in [3.63, 3.8) is 0 Å². The maximum atomic E-state index is 11.8. The fourth-order valence-electron chi connectivity index (χ4n) is 1.96. The summed E-state index contributed by atoms with van der Waals surface area (Å²) in [5, 5.41) is 14.1. The van der Waals surface area contributed by atoms with Crippen LogP contribution >= 0.6 is 0 Å². The van der Waals surface area contributed by atoms with Gasteiger partial charge in [0.1, 0.15) is 6.04 Å². The molecule has 2 amide bonds. The smallest absolute Gasteiger partial charge is 0.251 e. The molecule has 2 N–H and O–H groups in total. The molecule has 5 nitrogen and oxygen atoms in total. The van der Waals surface area contributed by atoms with Crippen LogP contribution in [0.25, 0.3) is 0 Å².